The molecule has 162 valence electrons. The van der Waals surface area contributed by atoms with Crippen LogP contribution >= 0.6 is 0 Å². The monoisotopic (exact) mass is 433 g/mol. The maximum atomic E-state index is 13.7. The molecule has 2 unspecified atom stereocenters. The van der Waals surface area contributed by atoms with E-state index < -0.39 is 17.9 Å². The van der Waals surface area contributed by atoms with E-state index in [4.69, 9.17) is 5.26 Å². The van der Waals surface area contributed by atoms with Crippen molar-refractivity contribution in [2.24, 2.45) is 15.9 Å². The van der Waals surface area contributed by atoms with Crippen LogP contribution in [-0.2, 0) is 6.54 Å². The number of hydrogen-bond acceptors (Lipinski definition) is 5. The topological polar surface area (TPSA) is 77.4 Å². The number of halogens is 2. The van der Waals surface area contributed by atoms with E-state index in [1.807, 2.05) is 16.8 Å². The van der Waals surface area contributed by atoms with Crippen molar-refractivity contribution in [3.05, 3.63) is 65.4 Å². The molecule has 0 saturated heterocycles. The predicted molar refractivity (Wildman–Crippen MR) is 113 cm³/mol. The molecule has 3 saturated carbocycles. The van der Waals surface area contributed by atoms with Crippen molar-refractivity contribution in [3.63, 3.8) is 0 Å². The quantitative estimate of drug-likeness (QED) is 0.657. The van der Waals surface area contributed by atoms with Gasteiger partial charge in [0.25, 0.3) is 0 Å². The summed E-state index contributed by atoms with van der Waals surface area (Å²) in [6.07, 6.45) is 5.90. The Hall–Kier alpha value is -3.31. The van der Waals surface area contributed by atoms with E-state index >= 15 is 0 Å². The fourth-order valence-electron chi connectivity index (χ4n) is 6.08. The minimum Gasteiger partial charge on any atom is -0.371 e. The van der Waals surface area contributed by atoms with Gasteiger partial charge < -0.3 is 5.11 Å². The Bertz CT molecular complexity index is 1290. The van der Waals surface area contributed by atoms with Gasteiger partial charge in [0.15, 0.2) is 11.6 Å². The van der Waals surface area contributed by atoms with Crippen LogP contribution in [0.25, 0.3) is 10.9 Å². The van der Waals surface area contributed by atoms with Gasteiger partial charge in [0, 0.05) is 30.0 Å². The summed E-state index contributed by atoms with van der Waals surface area (Å²) < 4.78 is 29.1. The predicted octanol–water partition coefficient (Wildman–Crippen LogP) is 4.11. The van der Waals surface area contributed by atoms with Crippen LogP contribution < -0.4 is 0 Å². The van der Waals surface area contributed by atoms with Gasteiger partial charge in [-0.15, -0.1) is 0 Å². The molecule has 1 N–H and O–H groups in total. The maximum absolute atomic E-state index is 13.7. The molecule has 3 fully saturated rings. The van der Waals surface area contributed by atoms with E-state index in [0.29, 0.717) is 17.5 Å². The molecule has 3 aliphatic carbocycles. The molecule has 7 rings (SSSR count). The molecule has 4 aliphatic rings. The summed E-state index contributed by atoms with van der Waals surface area (Å²) in [4.78, 5) is 0. The number of aromatic nitrogens is 2. The SMILES string of the molecule is N#Cc1ccc2c(cnn2CC23CC(C(O)N4N=CCC4c4ccc(F)c(F)c4)(C2)C3)c1. The number of rotatable bonds is 5. The number of hydrogen-bond donors (Lipinski definition) is 1. The normalized spacial score (nSPS) is 28.9. The molecule has 2 heterocycles. The van der Waals surface area contributed by atoms with Gasteiger partial charge in [-0.25, -0.2) is 8.78 Å². The zero-order valence-corrected chi connectivity index (χ0v) is 17.2. The van der Waals surface area contributed by atoms with Gasteiger partial charge in [-0.05, 0) is 60.6 Å². The van der Waals surface area contributed by atoms with Crippen LogP contribution in [0.4, 0.5) is 8.78 Å². The fourth-order valence-corrected chi connectivity index (χ4v) is 6.08. The number of fused-ring (bicyclic) bond motifs is 1. The number of aliphatic hydroxyl groups is 1. The average molecular weight is 433 g/mol. The summed E-state index contributed by atoms with van der Waals surface area (Å²) in [5.74, 6) is -1.77. The first kappa shape index (κ1) is 19.4. The fraction of sp³-hybridized carbons (Fsp3) is 0.375. The Morgan fingerprint density at radius 1 is 1.16 bits per heavy atom. The molecule has 0 spiro atoms. The van der Waals surface area contributed by atoms with Crippen molar-refractivity contribution >= 4 is 17.1 Å². The smallest absolute Gasteiger partial charge is 0.159 e. The van der Waals surface area contributed by atoms with Crippen LogP contribution in [0.3, 0.4) is 0 Å². The highest BCUT2D eigenvalue weighted by Crippen LogP contribution is 2.76. The number of nitrogens with zero attached hydrogens (tertiary/aromatic N) is 5. The number of aliphatic hydroxyl groups excluding tert-OH is 1. The maximum Gasteiger partial charge on any atom is 0.159 e. The third-order valence-corrected chi connectivity index (χ3v) is 7.43. The third kappa shape index (κ3) is 2.71. The molecule has 0 radical (unpaired) electrons. The summed E-state index contributed by atoms with van der Waals surface area (Å²) in [6.45, 7) is 0.771. The summed E-state index contributed by atoms with van der Waals surface area (Å²) in [7, 11) is 0. The second-order valence-corrected chi connectivity index (χ2v) is 9.56. The molecule has 8 heteroatoms. The molecule has 2 bridgehead atoms. The van der Waals surface area contributed by atoms with Crippen molar-refractivity contribution in [1.82, 2.24) is 14.8 Å². The second-order valence-electron chi connectivity index (χ2n) is 9.56. The Morgan fingerprint density at radius 2 is 1.97 bits per heavy atom. The van der Waals surface area contributed by atoms with Gasteiger partial charge in [-0.1, -0.05) is 6.07 Å². The Balaban J connectivity index is 1.16. The van der Waals surface area contributed by atoms with E-state index in [0.717, 1.165) is 42.8 Å². The van der Waals surface area contributed by atoms with Gasteiger partial charge in [0.1, 0.15) is 6.23 Å². The molecule has 32 heavy (non-hydrogen) atoms. The molecule has 1 aromatic heterocycles. The van der Waals surface area contributed by atoms with Gasteiger partial charge in [0.05, 0.1) is 29.4 Å². The molecule has 1 aliphatic heterocycles. The first-order valence-corrected chi connectivity index (χ1v) is 10.7. The highest BCUT2D eigenvalue weighted by molar-refractivity contribution is 5.80. The van der Waals surface area contributed by atoms with Crippen LogP contribution in [0.1, 0.15) is 42.9 Å². The molecule has 6 nitrogen and oxygen atoms in total. The van der Waals surface area contributed by atoms with E-state index in [1.165, 1.54) is 6.07 Å². The first-order valence-electron chi connectivity index (χ1n) is 10.7. The second kappa shape index (κ2) is 6.59. The zero-order valence-electron chi connectivity index (χ0n) is 17.2. The number of nitriles is 1. The van der Waals surface area contributed by atoms with Crippen LogP contribution in [0.5, 0.6) is 0 Å². The van der Waals surface area contributed by atoms with E-state index in [2.05, 4.69) is 16.3 Å². The standard InChI is InChI=1S/C24H21F2N5O/c25-18-3-2-16(8-19(18)26)21-5-6-28-31(21)22(32)24-11-23(12-24,13-24)14-30-20-4-1-15(9-27)7-17(20)10-29-30/h1-4,6-8,10,21-22,32H,5,11-14H2. The van der Waals surface area contributed by atoms with Crippen molar-refractivity contribution in [2.75, 3.05) is 0 Å². The van der Waals surface area contributed by atoms with Crippen LogP contribution in [-0.4, -0.2) is 32.3 Å². The summed E-state index contributed by atoms with van der Waals surface area (Å²) in [6, 6.07) is 11.3. The largest absolute Gasteiger partial charge is 0.371 e. The molecular formula is C24H21F2N5O. The van der Waals surface area contributed by atoms with Gasteiger partial charge in [0.2, 0.25) is 0 Å². The Labute approximate surface area is 183 Å². The Morgan fingerprint density at radius 3 is 2.72 bits per heavy atom. The van der Waals surface area contributed by atoms with Crippen molar-refractivity contribution < 1.29 is 13.9 Å². The van der Waals surface area contributed by atoms with Gasteiger partial charge >= 0.3 is 0 Å². The van der Waals surface area contributed by atoms with E-state index in [1.54, 1.807) is 29.6 Å². The summed E-state index contributed by atoms with van der Waals surface area (Å²) >= 11 is 0. The lowest BCUT2D eigenvalue weighted by molar-refractivity contribution is -0.297. The lowest BCUT2D eigenvalue weighted by Crippen LogP contribution is -2.70. The minimum absolute atomic E-state index is 0.106. The van der Waals surface area contributed by atoms with Crippen molar-refractivity contribution in [3.8, 4) is 6.07 Å². The minimum atomic E-state index is -0.887. The highest BCUT2D eigenvalue weighted by Gasteiger charge is 2.72. The van der Waals surface area contributed by atoms with Crippen LogP contribution in [0, 0.1) is 33.8 Å². The summed E-state index contributed by atoms with van der Waals surface area (Å²) in [5, 5.41) is 31.8. The lowest BCUT2D eigenvalue weighted by atomic mass is 9.34. The number of hydrazone groups is 1. The Kier molecular flexibility index (Phi) is 3.99. The van der Waals surface area contributed by atoms with Gasteiger partial charge in [-0.3, -0.25) is 9.69 Å². The molecule has 3 aromatic rings. The third-order valence-electron chi connectivity index (χ3n) is 7.43. The van der Waals surface area contributed by atoms with Gasteiger partial charge in [-0.2, -0.15) is 15.5 Å². The lowest BCUT2D eigenvalue weighted by Gasteiger charge is -2.72. The molecular weight excluding hydrogens is 412 g/mol. The molecule has 2 aromatic carbocycles. The van der Waals surface area contributed by atoms with E-state index in [9.17, 15) is 13.9 Å². The molecule has 2 atom stereocenters. The van der Waals surface area contributed by atoms with Crippen molar-refractivity contribution in [1.29, 1.82) is 5.26 Å². The van der Waals surface area contributed by atoms with Crippen molar-refractivity contribution in [2.45, 2.75) is 44.5 Å². The highest BCUT2D eigenvalue weighted by atomic mass is 19.2. The average Bonchev–Trinajstić information content (AvgIpc) is 3.38. The molecule has 0 amide bonds. The summed E-state index contributed by atoms with van der Waals surface area (Å²) in [5.41, 5.74) is 2.11. The van der Waals surface area contributed by atoms with Crippen LogP contribution in [0.2, 0.25) is 0 Å². The van der Waals surface area contributed by atoms with E-state index in [-0.39, 0.29) is 16.9 Å². The van der Waals surface area contributed by atoms with Crippen LogP contribution in [0.15, 0.2) is 47.7 Å². The first-order chi connectivity index (χ1) is 15.4. The zero-order chi connectivity index (χ0) is 22.1. The number of benzene rings is 2.